The van der Waals surface area contributed by atoms with Gasteiger partial charge in [0.05, 0.1) is 17.4 Å². The van der Waals surface area contributed by atoms with Crippen LogP contribution in [0.15, 0.2) is 35.0 Å². The summed E-state index contributed by atoms with van der Waals surface area (Å²) in [5.74, 6) is 0.132. The van der Waals surface area contributed by atoms with E-state index in [9.17, 15) is 13.2 Å². The third-order valence-corrected chi connectivity index (χ3v) is 4.00. The maximum Gasteiger partial charge on any atom is 0.434 e. The van der Waals surface area contributed by atoms with Gasteiger partial charge in [-0.15, -0.1) is 0 Å². The minimum Gasteiger partial charge on any atom is -0.334 e. The van der Waals surface area contributed by atoms with Crippen LogP contribution in [0.1, 0.15) is 24.0 Å². The predicted octanol–water partition coefficient (Wildman–Crippen LogP) is 3.40. The van der Waals surface area contributed by atoms with Gasteiger partial charge in [0.15, 0.2) is 11.5 Å². The average Bonchev–Trinajstić information content (AvgIpc) is 3.21. The Bertz CT molecular complexity index is 883. The number of rotatable bonds is 5. The van der Waals surface area contributed by atoms with Gasteiger partial charge in [-0.3, -0.25) is 0 Å². The van der Waals surface area contributed by atoms with Gasteiger partial charge in [0.2, 0.25) is 0 Å². The Morgan fingerprint density at radius 1 is 1.23 bits per heavy atom. The number of alkyl halides is 3. The Hall–Kier alpha value is -2.68. The fourth-order valence-electron chi connectivity index (χ4n) is 2.48. The summed E-state index contributed by atoms with van der Waals surface area (Å²) in [5.41, 5.74) is 0.0553. The number of likely N-dealkylation sites (N-methyl/N-ethyl adjacent to an activating group) is 1. The van der Waals surface area contributed by atoms with Crippen LogP contribution in [-0.4, -0.2) is 33.0 Å². The minimum atomic E-state index is -4.64. The Morgan fingerprint density at radius 3 is 2.54 bits per heavy atom. The number of aromatic nitrogens is 4. The summed E-state index contributed by atoms with van der Waals surface area (Å²) in [5, 5.41) is 10.7. The average molecular weight is 365 g/mol. The molecule has 3 aromatic rings. The molecule has 138 valence electrons. The number of benzene rings is 1. The zero-order valence-electron chi connectivity index (χ0n) is 14.5. The van der Waals surface area contributed by atoms with Gasteiger partial charge >= 0.3 is 6.18 Å². The van der Waals surface area contributed by atoms with Gasteiger partial charge in [-0.25, -0.2) is 4.68 Å². The van der Waals surface area contributed by atoms with E-state index in [1.807, 2.05) is 13.8 Å². The largest absolute Gasteiger partial charge is 0.434 e. The first kappa shape index (κ1) is 18.1. The van der Waals surface area contributed by atoms with Crippen LogP contribution in [-0.2, 0) is 12.6 Å². The van der Waals surface area contributed by atoms with Crippen molar-refractivity contribution < 1.29 is 17.7 Å². The molecular formula is C17H18F3N5O. The van der Waals surface area contributed by atoms with Crippen molar-refractivity contribution in [2.24, 2.45) is 0 Å². The first-order chi connectivity index (χ1) is 12.3. The Morgan fingerprint density at radius 2 is 1.92 bits per heavy atom. The van der Waals surface area contributed by atoms with E-state index in [0.29, 0.717) is 17.9 Å². The van der Waals surface area contributed by atoms with E-state index >= 15 is 0 Å². The second-order valence-corrected chi connectivity index (χ2v) is 6.06. The second kappa shape index (κ2) is 6.91. The lowest BCUT2D eigenvalue weighted by molar-refractivity contribution is -0.142. The number of hydrogen-bond acceptors (Lipinski definition) is 5. The summed E-state index contributed by atoms with van der Waals surface area (Å²) in [7, 11) is 1.78. The number of halogens is 3. The molecule has 6 nitrogen and oxygen atoms in total. The van der Waals surface area contributed by atoms with E-state index in [1.165, 1.54) is 0 Å². The number of nitrogens with one attached hydrogen (secondary N) is 1. The maximum atomic E-state index is 13.7. The smallest absolute Gasteiger partial charge is 0.334 e. The van der Waals surface area contributed by atoms with Crippen molar-refractivity contribution >= 4 is 0 Å². The molecule has 1 aromatic carbocycles. The second-order valence-electron chi connectivity index (χ2n) is 6.06. The molecule has 0 radical (unpaired) electrons. The first-order valence-corrected chi connectivity index (χ1v) is 8.02. The molecule has 0 aliphatic rings. The van der Waals surface area contributed by atoms with Gasteiger partial charge in [0.1, 0.15) is 0 Å². The number of hydrogen-bond donors (Lipinski definition) is 1. The van der Waals surface area contributed by atoms with Crippen molar-refractivity contribution in [3.63, 3.8) is 0 Å². The molecule has 0 spiro atoms. The molecule has 2 aromatic heterocycles. The lowest BCUT2D eigenvalue weighted by Gasteiger charge is -2.11. The standard InChI is InChI=1S/C17H18F3N5O/c1-10-4-6-12(7-5-10)25-15(17(18,19)20)13(9-22-25)16-23-14(24-26-16)8-11(2)21-3/h4-7,9,11,21H,8H2,1-3H3. The molecular weight excluding hydrogens is 347 g/mol. The van der Waals surface area contributed by atoms with E-state index in [0.717, 1.165) is 16.4 Å². The molecule has 9 heteroatoms. The Kier molecular flexibility index (Phi) is 4.82. The normalized spacial score (nSPS) is 13.2. The fourth-order valence-corrected chi connectivity index (χ4v) is 2.48. The highest BCUT2D eigenvalue weighted by Gasteiger charge is 2.40. The summed E-state index contributed by atoms with van der Waals surface area (Å²) in [6, 6.07) is 6.67. The van der Waals surface area contributed by atoms with Gasteiger partial charge in [-0.1, -0.05) is 22.9 Å². The van der Waals surface area contributed by atoms with Gasteiger partial charge in [0.25, 0.3) is 5.89 Å². The third-order valence-electron chi connectivity index (χ3n) is 4.00. The minimum absolute atomic E-state index is 0.0674. The van der Waals surface area contributed by atoms with E-state index < -0.39 is 11.9 Å². The molecule has 0 aliphatic carbocycles. The molecule has 26 heavy (non-hydrogen) atoms. The first-order valence-electron chi connectivity index (χ1n) is 8.02. The molecule has 0 saturated carbocycles. The summed E-state index contributed by atoms with van der Waals surface area (Å²) in [6.07, 6.45) is -3.10. The molecule has 1 unspecified atom stereocenters. The van der Waals surface area contributed by atoms with Gasteiger partial charge < -0.3 is 9.84 Å². The lowest BCUT2D eigenvalue weighted by Crippen LogP contribution is -2.24. The van der Waals surface area contributed by atoms with E-state index in [4.69, 9.17) is 4.52 Å². The van der Waals surface area contributed by atoms with Gasteiger partial charge in [0, 0.05) is 12.5 Å². The van der Waals surface area contributed by atoms with Crippen LogP contribution in [0.2, 0.25) is 0 Å². The summed E-state index contributed by atoms with van der Waals surface area (Å²) in [4.78, 5) is 4.09. The summed E-state index contributed by atoms with van der Waals surface area (Å²) < 4.78 is 47.0. The van der Waals surface area contributed by atoms with Crippen molar-refractivity contribution in [3.05, 3.63) is 47.5 Å². The van der Waals surface area contributed by atoms with Crippen LogP contribution < -0.4 is 5.32 Å². The van der Waals surface area contributed by atoms with Crippen LogP contribution >= 0.6 is 0 Å². The van der Waals surface area contributed by atoms with Crippen LogP contribution in [0.25, 0.3) is 17.1 Å². The molecule has 0 fully saturated rings. The lowest BCUT2D eigenvalue weighted by atomic mass is 10.2. The molecule has 0 saturated heterocycles. The highest BCUT2D eigenvalue weighted by Crippen LogP contribution is 2.37. The van der Waals surface area contributed by atoms with Crippen LogP contribution in [0.3, 0.4) is 0 Å². The summed E-state index contributed by atoms with van der Waals surface area (Å²) in [6.45, 7) is 3.77. The van der Waals surface area contributed by atoms with Crippen molar-refractivity contribution in [2.45, 2.75) is 32.5 Å². The number of nitrogens with zero attached hydrogens (tertiary/aromatic N) is 4. The van der Waals surface area contributed by atoms with E-state index in [1.54, 1.807) is 31.3 Å². The van der Waals surface area contributed by atoms with Gasteiger partial charge in [-0.05, 0) is 33.0 Å². The maximum absolute atomic E-state index is 13.7. The molecule has 2 heterocycles. The molecule has 1 atom stereocenters. The molecule has 0 bridgehead atoms. The van der Waals surface area contributed by atoms with Crippen molar-refractivity contribution in [2.75, 3.05) is 7.05 Å². The van der Waals surface area contributed by atoms with Crippen molar-refractivity contribution in [1.82, 2.24) is 25.2 Å². The molecule has 3 rings (SSSR count). The topological polar surface area (TPSA) is 68.8 Å². The van der Waals surface area contributed by atoms with Crippen LogP contribution in [0.4, 0.5) is 13.2 Å². The van der Waals surface area contributed by atoms with Crippen LogP contribution in [0, 0.1) is 6.92 Å². The fraction of sp³-hybridized carbons (Fsp3) is 0.353. The highest BCUT2D eigenvalue weighted by atomic mass is 19.4. The zero-order valence-corrected chi connectivity index (χ0v) is 14.5. The van der Waals surface area contributed by atoms with Gasteiger partial charge in [-0.2, -0.15) is 23.3 Å². The van der Waals surface area contributed by atoms with E-state index in [2.05, 4.69) is 20.6 Å². The number of aryl methyl sites for hydroxylation is 1. The quantitative estimate of drug-likeness (QED) is 0.751. The monoisotopic (exact) mass is 365 g/mol. The SMILES string of the molecule is CNC(C)Cc1noc(-c2cnn(-c3ccc(C)cc3)c2C(F)(F)F)n1. The zero-order chi connectivity index (χ0) is 18.9. The Labute approximate surface area is 148 Å². The molecule has 1 N–H and O–H groups in total. The van der Waals surface area contributed by atoms with E-state index in [-0.39, 0.29) is 17.5 Å². The predicted molar refractivity (Wildman–Crippen MR) is 88.8 cm³/mol. The van der Waals surface area contributed by atoms with Crippen LogP contribution in [0.5, 0.6) is 0 Å². The summed E-state index contributed by atoms with van der Waals surface area (Å²) >= 11 is 0. The third kappa shape index (κ3) is 3.62. The Balaban J connectivity index is 2.04. The molecule has 0 aliphatic heterocycles. The van der Waals surface area contributed by atoms with Crippen molar-refractivity contribution in [1.29, 1.82) is 0 Å². The highest BCUT2D eigenvalue weighted by molar-refractivity contribution is 5.58. The van der Waals surface area contributed by atoms with Crippen molar-refractivity contribution in [3.8, 4) is 17.1 Å². The molecule has 0 amide bonds.